The van der Waals surface area contributed by atoms with Gasteiger partial charge in [-0.15, -0.1) is 23.1 Å². The van der Waals surface area contributed by atoms with Gasteiger partial charge < -0.3 is 5.73 Å². The van der Waals surface area contributed by atoms with Gasteiger partial charge in [0.05, 0.1) is 4.88 Å². The summed E-state index contributed by atoms with van der Waals surface area (Å²) in [5, 5.41) is 1.91. The normalized spacial score (nSPS) is 12.0. The van der Waals surface area contributed by atoms with Crippen LogP contribution in [-0.2, 0) is 0 Å². The van der Waals surface area contributed by atoms with Crippen LogP contribution in [-0.4, -0.2) is 10.8 Å². The van der Waals surface area contributed by atoms with Crippen molar-refractivity contribution in [3.8, 4) is 0 Å². The van der Waals surface area contributed by atoms with Crippen LogP contribution in [0.1, 0.15) is 26.9 Å². The third-order valence-corrected chi connectivity index (χ3v) is 5.67. The number of thioether (sulfide) groups is 1. The lowest BCUT2D eigenvalue weighted by Crippen LogP contribution is -2.05. The highest BCUT2D eigenvalue weighted by molar-refractivity contribution is 7.99. The van der Waals surface area contributed by atoms with Gasteiger partial charge in [-0.25, -0.2) is 0 Å². The van der Waals surface area contributed by atoms with Gasteiger partial charge in [0.15, 0.2) is 5.78 Å². The fraction of sp³-hybridized carbons (Fsp3) is 0.111. The number of carbonyl (C=O) groups excluding carboxylic acids is 1. The molecule has 0 saturated carbocycles. The number of Topliss-reactive ketones (excluding diaryl/α,β-unsaturated/α-hetero) is 1. The van der Waals surface area contributed by atoms with E-state index in [-0.39, 0.29) is 11.0 Å². The first-order valence-electron chi connectivity index (χ1n) is 7.22. The predicted molar refractivity (Wildman–Crippen MR) is 97.0 cm³/mol. The van der Waals surface area contributed by atoms with E-state index in [1.54, 1.807) is 18.0 Å². The Balaban J connectivity index is 1.85. The molecule has 3 rings (SSSR count). The summed E-state index contributed by atoms with van der Waals surface area (Å²) in [5.74, 6) is 0.149. The van der Waals surface area contributed by atoms with Crippen molar-refractivity contribution in [2.75, 3.05) is 5.73 Å². The molecule has 2 aromatic heterocycles. The Kier molecular flexibility index (Phi) is 5.10. The molecule has 1 atom stereocenters. The summed E-state index contributed by atoms with van der Waals surface area (Å²) in [6, 6.07) is 15.4. The zero-order chi connectivity index (χ0) is 16.1. The number of hydrogen-bond acceptors (Lipinski definition) is 5. The molecule has 1 aromatic carbocycles. The van der Waals surface area contributed by atoms with Crippen molar-refractivity contribution in [3.63, 3.8) is 0 Å². The number of ketones is 1. The summed E-state index contributed by atoms with van der Waals surface area (Å²) in [5.41, 5.74) is 7.82. The van der Waals surface area contributed by atoms with Crippen LogP contribution in [0.25, 0.3) is 0 Å². The number of aromatic nitrogens is 1. The quantitative estimate of drug-likeness (QED) is 0.397. The summed E-state index contributed by atoms with van der Waals surface area (Å²) in [4.78, 5) is 18.5. The number of nitrogens with zero attached hydrogens (tertiary/aromatic N) is 1. The minimum Gasteiger partial charge on any atom is -0.398 e. The Hall–Kier alpha value is -2.11. The molecule has 0 aliphatic heterocycles. The molecular weight excluding hydrogens is 324 g/mol. The molecule has 0 aliphatic rings. The van der Waals surface area contributed by atoms with Crippen LogP contribution < -0.4 is 5.73 Å². The van der Waals surface area contributed by atoms with Crippen LogP contribution in [0.15, 0.2) is 71.2 Å². The first-order chi connectivity index (χ1) is 11.2. The zero-order valence-corrected chi connectivity index (χ0v) is 14.0. The third-order valence-electron chi connectivity index (χ3n) is 3.41. The third kappa shape index (κ3) is 4.00. The van der Waals surface area contributed by atoms with E-state index in [9.17, 15) is 4.79 Å². The molecule has 23 heavy (non-hydrogen) atoms. The second kappa shape index (κ2) is 7.44. The SMILES string of the molecule is Nc1ccccc1S[C@H](CC(=O)c1cccs1)c1cccnc1. The van der Waals surface area contributed by atoms with Gasteiger partial charge in [0.2, 0.25) is 0 Å². The van der Waals surface area contributed by atoms with Crippen molar-refractivity contribution < 1.29 is 4.79 Å². The average molecular weight is 340 g/mol. The lowest BCUT2D eigenvalue weighted by Gasteiger charge is -2.17. The van der Waals surface area contributed by atoms with Gasteiger partial charge in [0.25, 0.3) is 0 Å². The Morgan fingerprint density at radius 1 is 1.17 bits per heavy atom. The van der Waals surface area contributed by atoms with Crippen LogP contribution in [0.4, 0.5) is 5.69 Å². The van der Waals surface area contributed by atoms with Gasteiger partial charge >= 0.3 is 0 Å². The smallest absolute Gasteiger partial charge is 0.174 e. The molecule has 0 radical (unpaired) electrons. The molecule has 2 N–H and O–H groups in total. The molecule has 5 heteroatoms. The van der Waals surface area contributed by atoms with Crippen LogP contribution in [0.2, 0.25) is 0 Å². The summed E-state index contributed by atoms with van der Waals surface area (Å²) >= 11 is 3.09. The number of hydrogen-bond donors (Lipinski definition) is 1. The highest BCUT2D eigenvalue weighted by Crippen LogP contribution is 2.40. The van der Waals surface area contributed by atoms with Crippen molar-refractivity contribution in [1.29, 1.82) is 0 Å². The molecule has 0 spiro atoms. The van der Waals surface area contributed by atoms with Gasteiger partial charge in [-0.05, 0) is 35.2 Å². The topological polar surface area (TPSA) is 56.0 Å². The van der Waals surface area contributed by atoms with E-state index < -0.39 is 0 Å². The maximum Gasteiger partial charge on any atom is 0.174 e. The van der Waals surface area contributed by atoms with Gasteiger partial charge in [0.1, 0.15) is 0 Å². The summed E-state index contributed by atoms with van der Waals surface area (Å²) in [6.07, 6.45) is 3.98. The van der Waals surface area contributed by atoms with E-state index in [2.05, 4.69) is 4.98 Å². The number of rotatable bonds is 6. The van der Waals surface area contributed by atoms with Crippen molar-refractivity contribution in [2.45, 2.75) is 16.6 Å². The summed E-state index contributed by atoms with van der Waals surface area (Å²) in [7, 11) is 0. The zero-order valence-electron chi connectivity index (χ0n) is 12.4. The van der Waals surface area contributed by atoms with Crippen LogP contribution in [0.3, 0.4) is 0 Å². The molecule has 0 saturated heterocycles. The van der Waals surface area contributed by atoms with Crippen molar-refractivity contribution in [1.82, 2.24) is 4.98 Å². The van der Waals surface area contributed by atoms with Crippen molar-refractivity contribution in [2.24, 2.45) is 0 Å². The Bertz CT molecular complexity index is 773. The fourth-order valence-electron chi connectivity index (χ4n) is 2.24. The first kappa shape index (κ1) is 15.8. The first-order valence-corrected chi connectivity index (χ1v) is 8.98. The summed E-state index contributed by atoms with van der Waals surface area (Å²) in [6.45, 7) is 0. The number of anilines is 1. The number of para-hydroxylation sites is 1. The number of benzene rings is 1. The molecule has 116 valence electrons. The fourth-order valence-corrected chi connectivity index (χ4v) is 4.09. The predicted octanol–water partition coefficient (Wildman–Crippen LogP) is 4.83. The molecule has 0 aliphatic carbocycles. The number of carbonyl (C=O) groups is 1. The van der Waals surface area contributed by atoms with Crippen molar-refractivity contribution in [3.05, 3.63) is 76.7 Å². The van der Waals surface area contributed by atoms with E-state index in [0.29, 0.717) is 6.42 Å². The van der Waals surface area contributed by atoms with E-state index in [1.165, 1.54) is 11.3 Å². The maximum atomic E-state index is 12.5. The summed E-state index contributed by atoms with van der Waals surface area (Å²) < 4.78 is 0. The van der Waals surface area contributed by atoms with Gasteiger partial charge in [-0.3, -0.25) is 9.78 Å². The maximum absolute atomic E-state index is 12.5. The van der Waals surface area contributed by atoms with Crippen LogP contribution in [0, 0.1) is 0 Å². The highest BCUT2D eigenvalue weighted by atomic mass is 32.2. The van der Waals surface area contributed by atoms with Gasteiger partial charge in [-0.1, -0.05) is 24.3 Å². The van der Waals surface area contributed by atoms with Gasteiger partial charge in [0, 0.05) is 34.6 Å². The number of pyridine rings is 1. The molecule has 0 fully saturated rings. The molecular formula is C18H16N2OS2. The Labute approximate surface area is 143 Å². The standard InChI is InChI=1S/C18H16N2OS2/c19-14-6-1-2-7-16(14)23-18(13-5-3-9-20-12-13)11-15(21)17-8-4-10-22-17/h1-10,12,18H,11,19H2/t18-/m1/s1. The van der Waals surface area contributed by atoms with Crippen LogP contribution >= 0.6 is 23.1 Å². The number of nitrogens with two attached hydrogens (primary N) is 1. The lowest BCUT2D eigenvalue weighted by atomic mass is 10.1. The molecule has 2 heterocycles. The monoisotopic (exact) mass is 340 g/mol. The average Bonchev–Trinajstić information content (AvgIpc) is 3.11. The largest absolute Gasteiger partial charge is 0.398 e. The number of nitrogen functional groups attached to an aromatic ring is 1. The Morgan fingerprint density at radius 3 is 2.74 bits per heavy atom. The molecule has 0 bridgehead atoms. The van der Waals surface area contributed by atoms with E-state index in [1.807, 2.05) is 60.1 Å². The molecule has 0 amide bonds. The lowest BCUT2D eigenvalue weighted by molar-refractivity contribution is 0.0986. The van der Waals surface area contributed by atoms with E-state index >= 15 is 0 Å². The Morgan fingerprint density at radius 2 is 2.04 bits per heavy atom. The van der Waals surface area contributed by atoms with E-state index in [4.69, 9.17) is 5.73 Å². The second-order valence-corrected chi connectivity index (χ2v) is 7.23. The second-order valence-electron chi connectivity index (χ2n) is 5.04. The van der Waals surface area contributed by atoms with E-state index in [0.717, 1.165) is 21.0 Å². The molecule has 3 nitrogen and oxygen atoms in total. The minimum absolute atomic E-state index is 0.0111. The van der Waals surface area contributed by atoms with Crippen LogP contribution in [0.5, 0.6) is 0 Å². The highest BCUT2D eigenvalue weighted by Gasteiger charge is 2.20. The molecule has 3 aromatic rings. The number of thiophene rings is 1. The molecule has 0 unspecified atom stereocenters. The minimum atomic E-state index is -0.0111. The van der Waals surface area contributed by atoms with Crippen molar-refractivity contribution >= 4 is 34.6 Å². The van der Waals surface area contributed by atoms with Gasteiger partial charge in [-0.2, -0.15) is 0 Å².